The van der Waals surface area contributed by atoms with Gasteiger partial charge < -0.3 is 5.32 Å². The number of hydrogen-bond acceptors (Lipinski definition) is 3. The molecule has 1 saturated carbocycles. The zero-order chi connectivity index (χ0) is 28.5. The minimum absolute atomic E-state index is 0.0460. The van der Waals surface area contributed by atoms with Crippen LogP contribution < -0.4 is 10.6 Å². The topological polar surface area (TPSA) is 56.7 Å². The highest BCUT2D eigenvalue weighted by Gasteiger charge is 2.57. The number of carbonyl (C=O) groups is 1. The van der Waals surface area contributed by atoms with Crippen molar-refractivity contribution >= 4 is 11.9 Å². The average molecular weight is 561 g/mol. The van der Waals surface area contributed by atoms with Gasteiger partial charge in [0.1, 0.15) is 11.9 Å². The summed E-state index contributed by atoms with van der Waals surface area (Å²) >= 11 is 0. The lowest BCUT2D eigenvalue weighted by molar-refractivity contribution is -1.03. The first-order valence-electron chi connectivity index (χ1n) is 14.3. The average Bonchev–Trinajstić information content (AvgIpc) is 3.63. The standard InChI is InChI=1S/C30H37F4N5O/c1-3-16-39-17-6-15-38(39)27(19-26(39)22-10-9-20(2)25(31)18-22)36-29(35-24-7-4-5-8-24)37-28(40)21-11-13-23(14-12-21)30(32,33)34/h9-14,18,24,26-27H,3-8,15-17,19H2,1-2H3,(H-,35,36,37,40)/p+1. The van der Waals surface area contributed by atoms with E-state index in [2.05, 4.69) is 22.6 Å². The summed E-state index contributed by atoms with van der Waals surface area (Å²) in [5.74, 6) is -0.375. The lowest BCUT2D eigenvalue weighted by atomic mass is 9.99. The van der Waals surface area contributed by atoms with Gasteiger partial charge in [0, 0.05) is 30.0 Å². The van der Waals surface area contributed by atoms with Gasteiger partial charge in [-0.3, -0.25) is 10.1 Å². The summed E-state index contributed by atoms with van der Waals surface area (Å²) in [6.07, 6.45) is 2.04. The summed E-state index contributed by atoms with van der Waals surface area (Å²) in [6, 6.07) is 9.93. The highest BCUT2D eigenvalue weighted by Crippen LogP contribution is 2.47. The molecule has 216 valence electrons. The fraction of sp³-hybridized carbons (Fsp3) is 0.533. The Bertz CT molecular complexity index is 1240. The maximum absolute atomic E-state index is 14.6. The SMILES string of the molecule is CCC[N+]12CCCN1C(N=C(NC(=O)c1ccc(C(F)(F)F)cc1)NC1CCCC1)CC2c1ccc(C)c(F)c1. The van der Waals surface area contributed by atoms with Gasteiger partial charge in [-0.15, -0.1) is 5.01 Å². The Hall–Kier alpha value is -2.98. The first-order valence-corrected chi connectivity index (χ1v) is 14.3. The van der Waals surface area contributed by atoms with Crippen LogP contribution in [0.25, 0.3) is 0 Å². The molecular formula is C30H38F4N5O+. The van der Waals surface area contributed by atoms with Gasteiger partial charge >= 0.3 is 6.18 Å². The summed E-state index contributed by atoms with van der Waals surface area (Å²) in [5.41, 5.74) is 0.905. The summed E-state index contributed by atoms with van der Waals surface area (Å²) < 4.78 is 54.4. The van der Waals surface area contributed by atoms with Crippen molar-refractivity contribution in [3.8, 4) is 0 Å². The van der Waals surface area contributed by atoms with E-state index in [1.54, 1.807) is 13.0 Å². The number of fused-ring (bicyclic) bond motifs is 1. The largest absolute Gasteiger partial charge is 0.416 e. The van der Waals surface area contributed by atoms with Crippen LogP contribution in [0.4, 0.5) is 17.6 Å². The monoisotopic (exact) mass is 560 g/mol. The summed E-state index contributed by atoms with van der Waals surface area (Å²) in [5, 5.41) is 8.67. The Morgan fingerprint density at radius 3 is 2.48 bits per heavy atom. The van der Waals surface area contributed by atoms with Crippen LogP contribution in [0.5, 0.6) is 0 Å². The molecule has 1 amide bonds. The second-order valence-electron chi connectivity index (χ2n) is 11.3. The van der Waals surface area contributed by atoms with Gasteiger partial charge in [-0.05, 0) is 62.1 Å². The third kappa shape index (κ3) is 5.74. The van der Waals surface area contributed by atoms with Crippen molar-refractivity contribution in [1.82, 2.24) is 15.6 Å². The van der Waals surface area contributed by atoms with Crippen molar-refractivity contribution < 1.29 is 26.9 Å². The van der Waals surface area contributed by atoms with Crippen LogP contribution in [0.3, 0.4) is 0 Å². The van der Waals surface area contributed by atoms with Gasteiger partial charge in [0.2, 0.25) is 0 Å². The molecule has 5 rings (SSSR count). The molecule has 2 saturated heterocycles. The maximum Gasteiger partial charge on any atom is 0.416 e. The number of quaternary nitrogens is 1. The molecule has 2 aliphatic heterocycles. The van der Waals surface area contributed by atoms with E-state index in [0.29, 0.717) is 17.9 Å². The second kappa shape index (κ2) is 11.5. The molecule has 2 aromatic rings. The predicted molar refractivity (Wildman–Crippen MR) is 146 cm³/mol. The first kappa shape index (κ1) is 28.5. The van der Waals surface area contributed by atoms with Crippen LogP contribution in [-0.2, 0) is 6.18 Å². The second-order valence-corrected chi connectivity index (χ2v) is 11.3. The highest BCUT2D eigenvalue weighted by atomic mass is 19.4. The number of hydrogen-bond donors (Lipinski definition) is 2. The van der Waals surface area contributed by atoms with E-state index in [1.165, 1.54) is 12.1 Å². The Morgan fingerprint density at radius 1 is 1.10 bits per heavy atom. The highest BCUT2D eigenvalue weighted by molar-refractivity contribution is 6.05. The molecule has 1 aliphatic carbocycles. The van der Waals surface area contributed by atoms with Gasteiger partial charge in [-0.1, -0.05) is 31.9 Å². The van der Waals surface area contributed by atoms with E-state index >= 15 is 0 Å². The summed E-state index contributed by atoms with van der Waals surface area (Å²) in [6.45, 7) is 6.63. The van der Waals surface area contributed by atoms with Crippen LogP contribution in [-0.4, -0.2) is 53.3 Å². The number of amides is 1. The number of rotatable bonds is 6. The van der Waals surface area contributed by atoms with Gasteiger partial charge in [0.05, 0.1) is 25.2 Å². The van der Waals surface area contributed by atoms with Crippen molar-refractivity contribution in [2.24, 2.45) is 4.99 Å². The Labute approximate surface area is 233 Å². The molecule has 0 spiro atoms. The third-order valence-electron chi connectivity index (χ3n) is 8.67. The quantitative estimate of drug-likeness (QED) is 0.195. The maximum atomic E-state index is 14.6. The number of nitrogens with zero attached hydrogens (tertiary/aromatic N) is 3. The van der Waals surface area contributed by atoms with Crippen molar-refractivity contribution in [1.29, 1.82) is 0 Å². The molecule has 10 heteroatoms. The molecular weight excluding hydrogens is 522 g/mol. The molecule has 0 aromatic heterocycles. The minimum Gasteiger partial charge on any atom is -0.353 e. The first-order chi connectivity index (χ1) is 19.1. The smallest absolute Gasteiger partial charge is 0.353 e. The fourth-order valence-electron chi connectivity index (χ4n) is 6.74. The Balaban J connectivity index is 1.44. The lowest BCUT2D eigenvalue weighted by Crippen LogP contribution is -2.55. The molecule has 3 unspecified atom stereocenters. The summed E-state index contributed by atoms with van der Waals surface area (Å²) in [4.78, 5) is 18.2. The van der Waals surface area contributed by atoms with E-state index in [4.69, 9.17) is 4.99 Å². The van der Waals surface area contributed by atoms with Crippen LogP contribution in [0.15, 0.2) is 47.5 Å². The number of aliphatic imine (C=N–C) groups is 1. The molecule has 40 heavy (non-hydrogen) atoms. The predicted octanol–water partition coefficient (Wildman–Crippen LogP) is 6.09. The van der Waals surface area contributed by atoms with Crippen molar-refractivity contribution in [2.75, 3.05) is 19.6 Å². The molecule has 2 aromatic carbocycles. The molecule has 3 atom stereocenters. The molecule has 0 bridgehead atoms. The van der Waals surface area contributed by atoms with Crippen molar-refractivity contribution in [3.63, 3.8) is 0 Å². The molecule has 3 fully saturated rings. The molecule has 2 N–H and O–H groups in total. The van der Waals surface area contributed by atoms with Gasteiger partial charge in [0.15, 0.2) is 12.1 Å². The normalized spacial score (nSPS) is 25.8. The molecule has 6 nitrogen and oxygen atoms in total. The van der Waals surface area contributed by atoms with E-state index < -0.39 is 17.6 Å². The van der Waals surface area contributed by atoms with Crippen LogP contribution in [0.2, 0.25) is 0 Å². The number of halogens is 4. The fourth-order valence-corrected chi connectivity index (χ4v) is 6.74. The van der Waals surface area contributed by atoms with Gasteiger partial charge in [-0.25, -0.2) is 14.0 Å². The number of carbonyl (C=O) groups excluding carboxylic acids is 1. The Morgan fingerprint density at radius 2 is 1.82 bits per heavy atom. The molecule has 2 heterocycles. The van der Waals surface area contributed by atoms with Gasteiger partial charge in [0.25, 0.3) is 5.91 Å². The van der Waals surface area contributed by atoms with Gasteiger partial charge in [-0.2, -0.15) is 13.2 Å². The van der Waals surface area contributed by atoms with Crippen LogP contribution in [0, 0.1) is 12.7 Å². The van der Waals surface area contributed by atoms with Crippen molar-refractivity contribution in [2.45, 2.75) is 83.2 Å². The number of alkyl halides is 3. The van der Waals surface area contributed by atoms with E-state index in [9.17, 15) is 22.4 Å². The zero-order valence-corrected chi connectivity index (χ0v) is 23.1. The lowest BCUT2D eigenvalue weighted by Gasteiger charge is -2.40. The Kier molecular flexibility index (Phi) is 8.20. The number of benzene rings is 2. The molecule has 3 aliphatic rings. The van der Waals surface area contributed by atoms with Crippen LogP contribution in [0.1, 0.15) is 85.0 Å². The van der Waals surface area contributed by atoms with Crippen LogP contribution >= 0.6 is 0 Å². The van der Waals surface area contributed by atoms with E-state index in [-0.39, 0.29) is 29.6 Å². The number of aryl methyl sites for hydroxylation is 1. The summed E-state index contributed by atoms with van der Waals surface area (Å²) in [7, 11) is 0. The minimum atomic E-state index is -4.47. The molecule has 0 radical (unpaired) electrons. The zero-order valence-electron chi connectivity index (χ0n) is 23.1. The number of guanidine groups is 1. The van der Waals surface area contributed by atoms with E-state index in [0.717, 1.165) is 80.4 Å². The number of nitrogens with one attached hydrogen (secondary N) is 2. The third-order valence-corrected chi connectivity index (χ3v) is 8.67. The van der Waals surface area contributed by atoms with Crippen molar-refractivity contribution in [3.05, 3.63) is 70.5 Å². The van der Waals surface area contributed by atoms with E-state index in [1.807, 2.05) is 12.1 Å².